The van der Waals surface area contributed by atoms with Gasteiger partial charge in [0.2, 0.25) is 5.91 Å². The van der Waals surface area contributed by atoms with Crippen molar-refractivity contribution in [2.45, 2.75) is 19.3 Å². The minimum atomic E-state index is -0.0229. The van der Waals surface area contributed by atoms with Gasteiger partial charge in [0.05, 0.1) is 0 Å². The zero-order valence-corrected chi connectivity index (χ0v) is 10.1. The molecule has 1 saturated heterocycles. The van der Waals surface area contributed by atoms with Gasteiger partial charge in [0.25, 0.3) is 0 Å². The average molecular weight is 241 g/mol. The van der Waals surface area contributed by atoms with E-state index in [9.17, 15) is 4.79 Å². The smallest absolute Gasteiger partial charge is 0.221 e. The number of carbonyl (C=O) groups excluding carboxylic acids is 1. The van der Waals surface area contributed by atoms with Crippen molar-refractivity contribution >= 4 is 24.0 Å². The Kier molecular flexibility index (Phi) is 4.77. The predicted octanol–water partition coefficient (Wildman–Crippen LogP) is 2.14. The van der Waals surface area contributed by atoms with Crippen LogP contribution in [0.3, 0.4) is 0 Å². The lowest BCUT2D eigenvalue weighted by Gasteiger charge is -2.09. The van der Waals surface area contributed by atoms with Gasteiger partial charge in [-0.3, -0.25) is 4.79 Å². The van der Waals surface area contributed by atoms with E-state index in [0.717, 1.165) is 18.8 Å². The van der Waals surface area contributed by atoms with E-state index >= 15 is 0 Å². The Bertz CT molecular complexity index is 345. The third-order valence-corrected chi connectivity index (χ3v) is 2.76. The molecule has 1 heterocycles. The van der Waals surface area contributed by atoms with Crippen LogP contribution in [0.25, 0.3) is 0 Å². The number of rotatable bonds is 2. The van der Waals surface area contributed by atoms with Crippen LogP contribution in [0.4, 0.5) is 5.69 Å². The predicted molar refractivity (Wildman–Crippen MR) is 68.2 cm³/mol. The van der Waals surface area contributed by atoms with Crippen molar-refractivity contribution in [3.05, 3.63) is 29.8 Å². The summed E-state index contributed by atoms with van der Waals surface area (Å²) in [5, 5.41) is 6.12. The lowest BCUT2D eigenvalue weighted by Crippen LogP contribution is -2.08. The maximum atomic E-state index is 10.8. The minimum Gasteiger partial charge on any atom is -0.326 e. The van der Waals surface area contributed by atoms with Crippen molar-refractivity contribution in [2.24, 2.45) is 0 Å². The summed E-state index contributed by atoms with van der Waals surface area (Å²) in [6.07, 6.45) is 1.21. The van der Waals surface area contributed by atoms with E-state index < -0.39 is 0 Å². The van der Waals surface area contributed by atoms with Gasteiger partial charge in [-0.15, -0.1) is 12.4 Å². The molecule has 2 rings (SSSR count). The first-order valence-electron chi connectivity index (χ1n) is 5.34. The summed E-state index contributed by atoms with van der Waals surface area (Å²) in [4.78, 5) is 10.8. The lowest BCUT2D eigenvalue weighted by molar-refractivity contribution is -0.114. The topological polar surface area (TPSA) is 41.1 Å². The van der Waals surface area contributed by atoms with Crippen LogP contribution in [-0.2, 0) is 4.79 Å². The average Bonchev–Trinajstić information content (AvgIpc) is 2.71. The molecule has 0 saturated carbocycles. The minimum absolute atomic E-state index is 0. The first-order valence-corrected chi connectivity index (χ1v) is 5.34. The normalized spacial score (nSPS) is 18.9. The van der Waals surface area contributed by atoms with Gasteiger partial charge >= 0.3 is 0 Å². The van der Waals surface area contributed by atoms with Crippen molar-refractivity contribution in [1.82, 2.24) is 5.32 Å². The summed E-state index contributed by atoms with van der Waals surface area (Å²) >= 11 is 0. The summed E-state index contributed by atoms with van der Waals surface area (Å²) in [6, 6.07) is 8.13. The van der Waals surface area contributed by atoms with E-state index in [2.05, 4.69) is 22.8 Å². The van der Waals surface area contributed by atoms with E-state index in [4.69, 9.17) is 0 Å². The van der Waals surface area contributed by atoms with Crippen molar-refractivity contribution in [1.29, 1.82) is 0 Å². The Balaban J connectivity index is 0.00000128. The molecule has 1 atom stereocenters. The van der Waals surface area contributed by atoms with Gasteiger partial charge in [0.15, 0.2) is 0 Å². The van der Waals surface area contributed by atoms with Crippen LogP contribution in [0.5, 0.6) is 0 Å². The van der Waals surface area contributed by atoms with Crippen LogP contribution in [0, 0.1) is 0 Å². The third-order valence-electron chi connectivity index (χ3n) is 2.76. The fourth-order valence-corrected chi connectivity index (χ4v) is 1.98. The van der Waals surface area contributed by atoms with Gasteiger partial charge < -0.3 is 10.6 Å². The SMILES string of the molecule is CC(=O)Nc1ccc(C2CCNC2)cc1.Cl. The van der Waals surface area contributed by atoms with Crippen LogP contribution in [0.15, 0.2) is 24.3 Å². The molecule has 0 bridgehead atoms. The standard InChI is InChI=1S/C12H16N2O.ClH/c1-9(15)14-12-4-2-10(3-5-12)11-6-7-13-8-11;/h2-5,11,13H,6-8H2,1H3,(H,14,15);1H. The number of hydrogen-bond acceptors (Lipinski definition) is 2. The molecule has 88 valence electrons. The molecule has 1 amide bonds. The summed E-state index contributed by atoms with van der Waals surface area (Å²) in [7, 11) is 0. The Morgan fingerprint density at radius 1 is 1.38 bits per heavy atom. The lowest BCUT2D eigenvalue weighted by atomic mass is 9.98. The maximum Gasteiger partial charge on any atom is 0.221 e. The highest BCUT2D eigenvalue weighted by molar-refractivity contribution is 5.88. The molecule has 1 aromatic carbocycles. The molecule has 0 aromatic heterocycles. The van der Waals surface area contributed by atoms with E-state index in [1.807, 2.05) is 12.1 Å². The maximum absolute atomic E-state index is 10.8. The number of anilines is 1. The summed E-state index contributed by atoms with van der Waals surface area (Å²) in [5.74, 6) is 0.613. The number of carbonyl (C=O) groups is 1. The Labute approximate surface area is 102 Å². The first kappa shape index (κ1) is 13.0. The highest BCUT2D eigenvalue weighted by Crippen LogP contribution is 2.23. The van der Waals surface area contributed by atoms with Gasteiger partial charge in [-0.25, -0.2) is 0 Å². The number of nitrogens with one attached hydrogen (secondary N) is 2. The van der Waals surface area contributed by atoms with Gasteiger partial charge in [-0.1, -0.05) is 12.1 Å². The van der Waals surface area contributed by atoms with E-state index in [1.165, 1.54) is 18.9 Å². The molecule has 0 aliphatic carbocycles. The van der Waals surface area contributed by atoms with Crippen molar-refractivity contribution in [2.75, 3.05) is 18.4 Å². The second-order valence-electron chi connectivity index (χ2n) is 3.99. The third kappa shape index (κ3) is 3.22. The highest BCUT2D eigenvalue weighted by atomic mass is 35.5. The fraction of sp³-hybridized carbons (Fsp3) is 0.417. The summed E-state index contributed by atoms with van der Waals surface area (Å²) in [6.45, 7) is 3.70. The molecule has 3 nitrogen and oxygen atoms in total. The quantitative estimate of drug-likeness (QED) is 0.832. The molecule has 4 heteroatoms. The van der Waals surface area contributed by atoms with Crippen molar-refractivity contribution in [3.63, 3.8) is 0 Å². The molecule has 0 radical (unpaired) electrons. The molecular weight excluding hydrogens is 224 g/mol. The summed E-state index contributed by atoms with van der Waals surface area (Å²) < 4.78 is 0. The molecule has 0 spiro atoms. The molecular formula is C12H17ClN2O. The first-order chi connectivity index (χ1) is 7.25. The molecule has 1 fully saturated rings. The van der Waals surface area contributed by atoms with Crippen LogP contribution in [0.2, 0.25) is 0 Å². The Morgan fingerprint density at radius 2 is 2.06 bits per heavy atom. The second-order valence-corrected chi connectivity index (χ2v) is 3.99. The monoisotopic (exact) mass is 240 g/mol. The Morgan fingerprint density at radius 3 is 2.56 bits per heavy atom. The molecule has 1 aromatic rings. The fourth-order valence-electron chi connectivity index (χ4n) is 1.98. The molecule has 1 aliphatic heterocycles. The molecule has 2 N–H and O–H groups in total. The van der Waals surface area contributed by atoms with Gasteiger partial charge in [0, 0.05) is 19.2 Å². The largest absolute Gasteiger partial charge is 0.326 e. The van der Waals surface area contributed by atoms with Gasteiger partial charge in [-0.05, 0) is 36.6 Å². The Hall–Kier alpha value is -1.06. The van der Waals surface area contributed by atoms with Gasteiger partial charge in [0.1, 0.15) is 0 Å². The van der Waals surface area contributed by atoms with Crippen LogP contribution >= 0.6 is 12.4 Å². The van der Waals surface area contributed by atoms with E-state index in [-0.39, 0.29) is 18.3 Å². The zero-order valence-electron chi connectivity index (χ0n) is 9.32. The van der Waals surface area contributed by atoms with Crippen LogP contribution in [0.1, 0.15) is 24.8 Å². The number of amides is 1. The number of hydrogen-bond donors (Lipinski definition) is 2. The highest BCUT2D eigenvalue weighted by Gasteiger charge is 2.15. The molecule has 1 aliphatic rings. The van der Waals surface area contributed by atoms with Crippen molar-refractivity contribution in [3.8, 4) is 0 Å². The number of halogens is 1. The zero-order chi connectivity index (χ0) is 10.7. The molecule has 16 heavy (non-hydrogen) atoms. The van der Waals surface area contributed by atoms with Crippen molar-refractivity contribution < 1.29 is 4.79 Å². The van der Waals surface area contributed by atoms with Gasteiger partial charge in [-0.2, -0.15) is 0 Å². The molecule has 1 unspecified atom stereocenters. The van der Waals surface area contributed by atoms with E-state index in [1.54, 1.807) is 0 Å². The van der Waals surface area contributed by atoms with E-state index in [0.29, 0.717) is 5.92 Å². The second kappa shape index (κ2) is 5.87. The van der Waals surface area contributed by atoms with Crippen LogP contribution in [-0.4, -0.2) is 19.0 Å². The number of benzene rings is 1. The van der Waals surface area contributed by atoms with Crippen LogP contribution < -0.4 is 10.6 Å². The summed E-state index contributed by atoms with van der Waals surface area (Å²) in [5.41, 5.74) is 2.23.